The van der Waals surface area contributed by atoms with E-state index in [-0.39, 0.29) is 6.10 Å². The van der Waals surface area contributed by atoms with Gasteiger partial charge in [-0.1, -0.05) is 38.8 Å². The van der Waals surface area contributed by atoms with Crippen molar-refractivity contribution < 1.29 is 9.84 Å². The molecule has 1 rings (SSSR count). The number of hydrogen-bond donors (Lipinski definition) is 1. The summed E-state index contributed by atoms with van der Waals surface area (Å²) in [5.41, 5.74) is 0.979. The van der Waals surface area contributed by atoms with Crippen LogP contribution in [0.15, 0.2) is 24.3 Å². The van der Waals surface area contributed by atoms with Crippen LogP contribution in [0.25, 0.3) is 0 Å². The number of hydrogen-bond acceptors (Lipinski definition) is 3. The van der Waals surface area contributed by atoms with Gasteiger partial charge in [-0.15, -0.1) is 0 Å². The van der Waals surface area contributed by atoms with Crippen LogP contribution in [-0.2, 0) is 0 Å². The summed E-state index contributed by atoms with van der Waals surface area (Å²) in [6.45, 7) is 11.7. The van der Waals surface area contributed by atoms with Crippen LogP contribution in [0.1, 0.15) is 71.5 Å². The fraction of sp³-hybridized carbons (Fsp3) is 0.700. The summed E-state index contributed by atoms with van der Waals surface area (Å²) < 4.78 is 5.65. The van der Waals surface area contributed by atoms with E-state index in [0.717, 1.165) is 37.4 Å². The van der Waals surface area contributed by atoms with Crippen molar-refractivity contribution in [3.8, 4) is 5.75 Å². The second kappa shape index (κ2) is 11.5. The molecule has 1 N–H and O–H groups in total. The monoisotopic (exact) mass is 321 g/mol. The molecule has 1 atom stereocenters. The summed E-state index contributed by atoms with van der Waals surface area (Å²) in [5, 5.41) is 10.4. The van der Waals surface area contributed by atoms with Gasteiger partial charge in [0.15, 0.2) is 0 Å². The second-order valence-corrected chi connectivity index (χ2v) is 6.59. The zero-order valence-corrected chi connectivity index (χ0v) is 15.4. The third kappa shape index (κ3) is 8.38. The van der Waals surface area contributed by atoms with Gasteiger partial charge in [-0.2, -0.15) is 0 Å². The van der Waals surface area contributed by atoms with Crippen LogP contribution >= 0.6 is 0 Å². The van der Waals surface area contributed by atoms with Crippen LogP contribution in [0, 0.1) is 0 Å². The molecule has 0 amide bonds. The van der Waals surface area contributed by atoms with E-state index < -0.39 is 6.10 Å². The summed E-state index contributed by atoms with van der Waals surface area (Å²) >= 11 is 0. The molecule has 0 saturated carbocycles. The SMILES string of the molecule is CCCCN(CCCC)CCC(O)c1ccc(OC(C)C)cc1. The average molecular weight is 322 g/mol. The third-order valence-electron chi connectivity index (χ3n) is 4.01. The lowest BCUT2D eigenvalue weighted by Gasteiger charge is -2.23. The molecule has 0 saturated heterocycles. The van der Waals surface area contributed by atoms with E-state index in [0.29, 0.717) is 0 Å². The van der Waals surface area contributed by atoms with Crippen molar-refractivity contribution in [3.63, 3.8) is 0 Å². The predicted molar refractivity (Wildman–Crippen MR) is 98.0 cm³/mol. The van der Waals surface area contributed by atoms with Gasteiger partial charge in [0.25, 0.3) is 0 Å². The van der Waals surface area contributed by atoms with Crippen molar-refractivity contribution in [1.29, 1.82) is 0 Å². The van der Waals surface area contributed by atoms with Crippen molar-refractivity contribution in [2.24, 2.45) is 0 Å². The minimum Gasteiger partial charge on any atom is -0.491 e. The Kier molecular flexibility index (Phi) is 9.97. The summed E-state index contributed by atoms with van der Waals surface area (Å²) in [6, 6.07) is 7.85. The molecule has 3 nitrogen and oxygen atoms in total. The highest BCUT2D eigenvalue weighted by molar-refractivity contribution is 5.28. The lowest BCUT2D eigenvalue weighted by Crippen LogP contribution is -2.28. The zero-order chi connectivity index (χ0) is 17.1. The summed E-state index contributed by atoms with van der Waals surface area (Å²) in [6.07, 6.45) is 5.50. The van der Waals surface area contributed by atoms with Gasteiger partial charge in [0.1, 0.15) is 5.75 Å². The lowest BCUT2D eigenvalue weighted by atomic mass is 10.1. The molecule has 0 heterocycles. The summed E-state index contributed by atoms with van der Waals surface area (Å²) in [7, 11) is 0. The van der Waals surface area contributed by atoms with E-state index in [4.69, 9.17) is 4.74 Å². The molecule has 0 aliphatic carbocycles. The van der Waals surface area contributed by atoms with E-state index in [1.165, 1.54) is 25.7 Å². The highest BCUT2D eigenvalue weighted by Gasteiger charge is 2.11. The second-order valence-electron chi connectivity index (χ2n) is 6.59. The standard InChI is InChI=1S/C20H35NO2/c1-5-7-14-21(15-8-6-2)16-13-20(22)18-9-11-19(12-10-18)23-17(3)4/h9-12,17,20,22H,5-8,13-16H2,1-4H3. The molecule has 0 spiro atoms. The quantitative estimate of drug-likeness (QED) is 0.600. The van der Waals surface area contributed by atoms with Crippen LogP contribution < -0.4 is 4.74 Å². The molecule has 1 unspecified atom stereocenters. The van der Waals surface area contributed by atoms with Gasteiger partial charge in [-0.3, -0.25) is 0 Å². The van der Waals surface area contributed by atoms with E-state index in [1.807, 2.05) is 38.1 Å². The number of benzene rings is 1. The lowest BCUT2D eigenvalue weighted by molar-refractivity contribution is 0.140. The molecule has 0 bridgehead atoms. The fourth-order valence-corrected chi connectivity index (χ4v) is 2.61. The number of rotatable bonds is 12. The van der Waals surface area contributed by atoms with E-state index in [9.17, 15) is 5.11 Å². The molecule has 0 fully saturated rings. The van der Waals surface area contributed by atoms with Crippen molar-refractivity contribution >= 4 is 0 Å². The summed E-state index contributed by atoms with van der Waals surface area (Å²) in [5.74, 6) is 0.864. The number of aliphatic hydroxyl groups excluding tert-OH is 1. The molecule has 0 aromatic heterocycles. The first-order valence-electron chi connectivity index (χ1n) is 9.23. The first kappa shape index (κ1) is 20.0. The highest BCUT2D eigenvalue weighted by atomic mass is 16.5. The maximum Gasteiger partial charge on any atom is 0.119 e. The Labute approximate surface area is 142 Å². The van der Waals surface area contributed by atoms with Crippen molar-refractivity contribution in [3.05, 3.63) is 29.8 Å². The molecule has 1 aromatic rings. The Morgan fingerprint density at radius 2 is 1.52 bits per heavy atom. The van der Waals surface area contributed by atoms with Crippen LogP contribution in [0.3, 0.4) is 0 Å². The van der Waals surface area contributed by atoms with Gasteiger partial charge in [0.2, 0.25) is 0 Å². The first-order chi connectivity index (χ1) is 11.1. The van der Waals surface area contributed by atoms with Crippen molar-refractivity contribution in [2.45, 2.75) is 72.0 Å². The number of nitrogens with zero attached hydrogens (tertiary/aromatic N) is 1. The molecule has 23 heavy (non-hydrogen) atoms. The topological polar surface area (TPSA) is 32.7 Å². The van der Waals surface area contributed by atoms with Gasteiger partial charge in [-0.05, 0) is 63.9 Å². The van der Waals surface area contributed by atoms with E-state index in [1.54, 1.807) is 0 Å². The van der Waals surface area contributed by atoms with E-state index in [2.05, 4.69) is 18.7 Å². The van der Waals surface area contributed by atoms with Crippen LogP contribution in [-0.4, -0.2) is 35.7 Å². The molecular formula is C20H35NO2. The summed E-state index contributed by atoms with van der Waals surface area (Å²) in [4.78, 5) is 2.49. The molecule has 1 aromatic carbocycles. The van der Waals surface area contributed by atoms with Gasteiger partial charge in [0.05, 0.1) is 12.2 Å². The molecule has 0 radical (unpaired) electrons. The Bertz CT molecular complexity index is 395. The molecule has 3 heteroatoms. The van der Waals surface area contributed by atoms with Crippen molar-refractivity contribution in [2.75, 3.05) is 19.6 Å². The van der Waals surface area contributed by atoms with Gasteiger partial charge in [-0.25, -0.2) is 0 Å². The van der Waals surface area contributed by atoms with Gasteiger partial charge < -0.3 is 14.7 Å². The Morgan fingerprint density at radius 3 is 2.00 bits per heavy atom. The van der Waals surface area contributed by atoms with Crippen LogP contribution in [0.2, 0.25) is 0 Å². The zero-order valence-electron chi connectivity index (χ0n) is 15.4. The normalized spacial score (nSPS) is 12.8. The maximum atomic E-state index is 10.4. The number of unbranched alkanes of at least 4 members (excludes halogenated alkanes) is 2. The average Bonchev–Trinajstić information content (AvgIpc) is 2.54. The minimum atomic E-state index is -0.395. The Hall–Kier alpha value is -1.06. The predicted octanol–water partition coefficient (Wildman–Crippen LogP) is 4.80. The number of aliphatic hydroxyl groups is 1. The highest BCUT2D eigenvalue weighted by Crippen LogP contribution is 2.21. The third-order valence-corrected chi connectivity index (χ3v) is 4.01. The van der Waals surface area contributed by atoms with Crippen LogP contribution in [0.5, 0.6) is 5.75 Å². The molecular weight excluding hydrogens is 286 g/mol. The Morgan fingerprint density at radius 1 is 0.957 bits per heavy atom. The van der Waals surface area contributed by atoms with E-state index >= 15 is 0 Å². The minimum absolute atomic E-state index is 0.177. The maximum absolute atomic E-state index is 10.4. The Balaban J connectivity index is 2.47. The first-order valence-corrected chi connectivity index (χ1v) is 9.23. The smallest absolute Gasteiger partial charge is 0.119 e. The molecule has 0 aliphatic heterocycles. The largest absolute Gasteiger partial charge is 0.491 e. The fourth-order valence-electron chi connectivity index (χ4n) is 2.61. The van der Waals surface area contributed by atoms with Gasteiger partial charge in [0, 0.05) is 6.54 Å². The van der Waals surface area contributed by atoms with Crippen molar-refractivity contribution in [1.82, 2.24) is 4.90 Å². The molecule has 132 valence electrons. The van der Waals surface area contributed by atoms with Gasteiger partial charge >= 0.3 is 0 Å². The van der Waals surface area contributed by atoms with Crippen LogP contribution in [0.4, 0.5) is 0 Å². The number of ether oxygens (including phenoxy) is 1. The molecule has 0 aliphatic rings.